The van der Waals surface area contributed by atoms with E-state index in [9.17, 15) is 22.0 Å². The third-order valence-electron chi connectivity index (χ3n) is 2.94. The zero-order chi connectivity index (χ0) is 14.0. The minimum absolute atomic E-state index is 0.0464. The first-order valence-corrected chi connectivity index (χ1v) is 7.46. The predicted molar refractivity (Wildman–Crippen MR) is 64.2 cm³/mol. The lowest BCUT2D eigenvalue weighted by molar-refractivity contribution is -0.116. The zero-order valence-electron chi connectivity index (χ0n) is 9.90. The minimum Gasteiger partial charge on any atom is -0.321 e. The summed E-state index contributed by atoms with van der Waals surface area (Å²) in [6.07, 6.45) is 1.37. The van der Waals surface area contributed by atoms with Gasteiger partial charge in [-0.1, -0.05) is 6.42 Å². The molecule has 1 aliphatic heterocycles. The van der Waals surface area contributed by atoms with Crippen LogP contribution in [-0.2, 0) is 14.6 Å². The van der Waals surface area contributed by atoms with E-state index >= 15 is 0 Å². The van der Waals surface area contributed by atoms with Crippen LogP contribution in [0.1, 0.15) is 19.3 Å². The maximum absolute atomic E-state index is 13.3. The number of hydrogen-bond donors (Lipinski definition) is 1. The summed E-state index contributed by atoms with van der Waals surface area (Å²) in [5, 5.41) is 0.965. The third kappa shape index (κ3) is 3.06. The van der Waals surface area contributed by atoms with Crippen LogP contribution in [0.15, 0.2) is 12.1 Å². The molecule has 1 aromatic heterocycles. The molecular weight excluding hydrogens is 278 g/mol. The van der Waals surface area contributed by atoms with Crippen LogP contribution in [0.5, 0.6) is 0 Å². The Labute approximate surface area is 109 Å². The van der Waals surface area contributed by atoms with Gasteiger partial charge in [0, 0.05) is 0 Å². The van der Waals surface area contributed by atoms with Gasteiger partial charge < -0.3 is 5.32 Å². The van der Waals surface area contributed by atoms with E-state index in [1.165, 1.54) is 0 Å². The SMILES string of the molecule is O=C(Nc1ccc(F)nc1F)C1CCCCS1(=O)=O. The number of halogens is 2. The van der Waals surface area contributed by atoms with E-state index in [0.717, 1.165) is 12.1 Å². The van der Waals surface area contributed by atoms with Gasteiger partial charge in [-0.15, -0.1) is 0 Å². The molecule has 0 radical (unpaired) electrons. The van der Waals surface area contributed by atoms with Gasteiger partial charge in [-0.05, 0) is 25.0 Å². The van der Waals surface area contributed by atoms with E-state index in [1.807, 2.05) is 0 Å². The van der Waals surface area contributed by atoms with Crippen LogP contribution in [0.2, 0.25) is 0 Å². The number of hydrogen-bond acceptors (Lipinski definition) is 4. The minimum atomic E-state index is -3.49. The quantitative estimate of drug-likeness (QED) is 0.832. The van der Waals surface area contributed by atoms with Crippen LogP contribution in [0.25, 0.3) is 0 Å². The molecule has 0 aliphatic carbocycles. The van der Waals surface area contributed by atoms with Crippen LogP contribution in [0, 0.1) is 11.9 Å². The number of amides is 1. The topological polar surface area (TPSA) is 76.1 Å². The van der Waals surface area contributed by atoms with Crippen molar-refractivity contribution in [3.63, 3.8) is 0 Å². The van der Waals surface area contributed by atoms with Crippen molar-refractivity contribution in [2.24, 2.45) is 0 Å². The Bertz CT molecular complexity index is 604. The fraction of sp³-hybridized carbons (Fsp3) is 0.455. The van der Waals surface area contributed by atoms with Crippen LogP contribution in [0.4, 0.5) is 14.5 Å². The fourth-order valence-electron chi connectivity index (χ4n) is 1.97. The predicted octanol–water partition coefficient (Wildman–Crippen LogP) is 1.27. The molecule has 0 spiro atoms. The van der Waals surface area contributed by atoms with Crippen LogP contribution in [0.3, 0.4) is 0 Å². The molecule has 1 aliphatic rings. The lowest BCUT2D eigenvalue weighted by atomic mass is 10.2. The number of sulfone groups is 1. The summed E-state index contributed by atoms with van der Waals surface area (Å²) >= 11 is 0. The Morgan fingerprint density at radius 1 is 1.32 bits per heavy atom. The highest BCUT2D eigenvalue weighted by Crippen LogP contribution is 2.21. The van der Waals surface area contributed by atoms with Gasteiger partial charge in [0.25, 0.3) is 0 Å². The van der Waals surface area contributed by atoms with Gasteiger partial charge in [-0.25, -0.2) is 8.42 Å². The fourth-order valence-corrected chi connectivity index (χ4v) is 3.77. The molecule has 1 N–H and O–H groups in total. The standard InChI is InChI=1S/C11H12F2N2O3S/c12-9-5-4-7(10(13)15-9)14-11(16)8-3-1-2-6-19(8,17)18/h4-5,8H,1-3,6H2,(H,14,16). The number of nitrogens with zero attached hydrogens (tertiary/aromatic N) is 1. The van der Waals surface area contributed by atoms with Gasteiger partial charge in [0.05, 0.1) is 11.4 Å². The van der Waals surface area contributed by atoms with E-state index in [0.29, 0.717) is 12.8 Å². The lowest BCUT2D eigenvalue weighted by Crippen LogP contribution is -2.39. The summed E-state index contributed by atoms with van der Waals surface area (Å²) in [6, 6.07) is 1.89. The molecule has 5 nitrogen and oxygen atoms in total. The van der Waals surface area contributed by atoms with Gasteiger partial charge >= 0.3 is 0 Å². The molecule has 19 heavy (non-hydrogen) atoms. The van der Waals surface area contributed by atoms with Crippen molar-refractivity contribution >= 4 is 21.4 Å². The number of anilines is 1. The second kappa shape index (κ2) is 5.20. The van der Waals surface area contributed by atoms with Crippen LogP contribution in [-0.4, -0.2) is 30.3 Å². The maximum Gasteiger partial charge on any atom is 0.242 e. The average molecular weight is 290 g/mol. The molecule has 2 heterocycles. The van der Waals surface area contributed by atoms with Gasteiger partial charge in [-0.2, -0.15) is 13.8 Å². The Balaban J connectivity index is 2.17. The molecule has 2 rings (SSSR count). The summed E-state index contributed by atoms with van der Waals surface area (Å²) in [5.41, 5.74) is -0.327. The normalized spacial score (nSPS) is 21.9. The van der Waals surface area contributed by atoms with E-state index in [4.69, 9.17) is 0 Å². The molecule has 1 unspecified atom stereocenters. The first-order valence-electron chi connectivity index (χ1n) is 5.74. The monoisotopic (exact) mass is 290 g/mol. The highest BCUT2D eigenvalue weighted by molar-refractivity contribution is 7.92. The molecule has 1 aromatic rings. The summed E-state index contributed by atoms with van der Waals surface area (Å²) < 4.78 is 49.3. The van der Waals surface area contributed by atoms with E-state index in [2.05, 4.69) is 10.3 Å². The van der Waals surface area contributed by atoms with Crippen LogP contribution >= 0.6 is 0 Å². The Kier molecular flexibility index (Phi) is 3.79. The molecule has 8 heteroatoms. The molecule has 0 saturated carbocycles. The molecule has 1 fully saturated rings. The van der Waals surface area contributed by atoms with E-state index < -0.39 is 32.9 Å². The summed E-state index contributed by atoms with van der Waals surface area (Å²) in [7, 11) is -3.49. The van der Waals surface area contributed by atoms with Crippen molar-refractivity contribution in [1.29, 1.82) is 0 Å². The number of aromatic nitrogens is 1. The van der Waals surface area contributed by atoms with Crippen molar-refractivity contribution in [2.45, 2.75) is 24.5 Å². The largest absolute Gasteiger partial charge is 0.321 e. The van der Waals surface area contributed by atoms with Gasteiger partial charge in [0.15, 0.2) is 9.84 Å². The van der Waals surface area contributed by atoms with Crippen molar-refractivity contribution in [2.75, 3.05) is 11.1 Å². The average Bonchev–Trinajstić information content (AvgIpc) is 2.32. The van der Waals surface area contributed by atoms with Gasteiger partial charge in [0.2, 0.25) is 17.8 Å². The number of carbonyl (C=O) groups excluding carboxylic acids is 1. The Morgan fingerprint density at radius 2 is 2.05 bits per heavy atom. The summed E-state index contributed by atoms with van der Waals surface area (Å²) in [5.74, 6) is -3.04. The van der Waals surface area contributed by atoms with Crippen molar-refractivity contribution in [3.8, 4) is 0 Å². The zero-order valence-corrected chi connectivity index (χ0v) is 10.7. The lowest BCUT2D eigenvalue weighted by Gasteiger charge is -2.21. The van der Waals surface area contributed by atoms with Crippen LogP contribution < -0.4 is 5.32 Å². The molecule has 104 valence electrons. The second-order valence-electron chi connectivity index (χ2n) is 4.31. The molecule has 1 saturated heterocycles. The van der Waals surface area contributed by atoms with Crippen molar-refractivity contribution in [3.05, 3.63) is 24.0 Å². The third-order valence-corrected chi connectivity index (χ3v) is 5.12. The maximum atomic E-state index is 13.3. The van der Waals surface area contributed by atoms with Gasteiger partial charge in [0.1, 0.15) is 5.25 Å². The summed E-state index contributed by atoms with van der Waals surface area (Å²) in [4.78, 5) is 14.8. The van der Waals surface area contributed by atoms with E-state index in [1.54, 1.807) is 0 Å². The van der Waals surface area contributed by atoms with Crippen molar-refractivity contribution in [1.82, 2.24) is 4.98 Å². The Hall–Kier alpha value is -1.57. The number of nitrogens with one attached hydrogen (secondary N) is 1. The molecule has 0 aromatic carbocycles. The van der Waals surface area contributed by atoms with Crippen molar-refractivity contribution < 1.29 is 22.0 Å². The van der Waals surface area contributed by atoms with E-state index in [-0.39, 0.29) is 17.9 Å². The highest BCUT2D eigenvalue weighted by Gasteiger charge is 2.35. The number of pyridine rings is 1. The smallest absolute Gasteiger partial charge is 0.242 e. The first-order chi connectivity index (χ1) is 8.90. The molecular formula is C11H12F2N2O3S. The molecule has 1 atom stereocenters. The first kappa shape index (κ1) is 13.9. The molecule has 1 amide bonds. The number of rotatable bonds is 2. The second-order valence-corrected chi connectivity index (χ2v) is 6.62. The summed E-state index contributed by atoms with van der Waals surface area (Å²) in [6.45, 7) is 0. The van der Waals surface area contributed by atoms with Gasteiger partial charge in [-0.3, -0.25) is 4.79 Å². The highest BCUT2D eigenvalue weighted by atomic mass is 32.2. The molecule has 0 bridgehead atoms. The number of carbonyl (C=O) groups is 1. The Morgan fingerprint density at radius 3 is 2.68 bits per heavy atom.